The maximum Gasteiger partial charge on any atom is 0.191 e. The molecule has 0 aliphatic carbocycles. The predicted octanol–water partition coefficient (Wildman–Crippen LogP) is 3.79. The molecule has 0 aliphatic heterocycles. The Morgan fingerprint density at radius 2 is 2.16 bits per heavy atom. The first-order valence-corrected chi connectivity index (χ1v) is 10.2. The van der Waals surface area contributed by atoms with Gasteiger partial charge in [-0.15, -0.1) is 35.3 Å². The highest BCUT2D eigenvalue weighted by Crippen LogP contribution is 2.26. The summed E-state index contributed by atoms with van der Waals surface area (Å²) in [6.07, 6.45) is 3.86. The molecule has 1 unspecified atom stereocenters. The Balaban J connectivity index is 0.00000312. The molecule has 1 atom stereocenters. The maximum atomic E-state index is 10.2. The van der Waals surface area contributed by atoms with Gasteiger partial charge in [0.2, 0.25) is 0 Å². The van der Waals surface area contributed by atoms with Gasteiger partial charge in [0.1, 0.15) is 11.9 Å². The van der Waals surface area contributed by atoms with Crippen LogP contribution >= 0.6 is 58.7 Å². The largest absolute Gasteiger partial charge is 0.469 e. The van der Waals surface area contributed by atoms with Crippen LogP contribution in [0, 0.1) is 0 Å². The minimum atomic E-state index is -0.647. The highest BCUT2D eigenvalue weighted by atomic mass is 127. The number of aliphatic imine (C=N–C) groups is 1. The zero-order valence-corrected chi connectivity index (χ0v) is 18.6. The average molecular weight is 516 g/mol. The molecule has 2 aromatic rings. The van der Waals surface area contributed by atoms with Crippen LogP contribution in [0.1, 0.15) is 16.7 Å². The van der Waals surface area contributed by atoms with E-state index >= 15 is 0 Å². The van der Waals surface area contributed by atoms with Gasteiger partial charge >= 0.3 is 0 Å². The van der Waals surface area contributed by atoms with Gasteiger partial charge in [0.25, 0.3) is 0 Å². The quantitative estimate of drug-likeness (QED) is 0.205. The van der Waals surface area contributed by atoms with Crippen LogP contribution < -0.4 is 10.6 Å². The summed E-state index contributed by atoms with van der Waals surface area (Å²) in [5, 5.41) is 16.7. The third-order valence-electron chi connectivity index (χ3n) is 3.19. The smallest absolute Gasteiger partial charge is 0.191 e. The molecule has 2 aromatic heterocycles. The van der Waals surface area contributed by atoms with Crippen LogP contribution in [0.2, 0.25) is 4.34 Å². The van der Waals surface area contributed by atoms with Gasteiger partial charge in [-0.25, -0.2) is 0 Å². The Labute approximate surface area is 178 Å². The van der Waals surface area contributed by atoms with Crippen molar-refractivity contribution in [2.75, 3.05) is 31.6 Å². The maximum absolute atomic E-state index is 10.2. The van der Waals surface area contributed by atoms with Gasteiger partial charge < -0.3 is 20.2 Å². The van der Waals surface area contributed by atoms with E-state index in [-0.39, 0.29) is 30.5 Å². The molecule has 140 valence electrons. The predicted molar refractivity (Wildman–Crippen MR) is 119 cm³/mol. The number of guanidine groups is 1. The van der Waals surface area contributed by atoms with Crippen LogP contribution in [0.3, 0.4) is 0 Å². The van der Waals surface area contributed by atoms with Gasteiger partial charge in [-0.1, -0.05) is 11.6 Å². The minimum Gasteiger partial charge on any atom is -0.469 e. The molecule has 25 heavy (non-hydrogen) atoms. The molecular formula is C16H23ClIN3O2S2. The van der Waals surface area contributed by atoms with Crippen molar-refractivity contribution in [1.82, 2.24) is 10.6 Å². The Hall–Kier alpha value is -0.420. The molecule has 0 aromatic carbocycles. The topological polar surface area (TPSA) is 69.8 Å². The SMILES string of the molecule is CSCCNC(=NCC(O)c1ccc(Cl)s1)NCCc1ccco1.I. The van der Waals surface area contributed by atoms with Gasteiger partial charge in [-0.3, -0.25) is 4.99 Å². The number of hydrogen-bond acceptors (Lipinski definition) is 5. The third kappa shape index (κ3) is 8.67. The Morgan fingerprint density at radius 3 is 2.80 bits per heavy atom. The summed E-state index contributed by atoms with van der Waals surface area (Å²) < 4.78 is 5.99. The standard InChI is InChI=1S/C16H22ClN3O2S2.HI/c1-23-10-8-19-16(18-7-6-12-3-2-9-22-12)20-11-13(21)14-4-5-15(17)24-14;/h2-5,9,13,21H,6-8,10-11H2,1H3,(H2,18,19,20);1H. The summed E-state index contributed by atoms with van der Waals surface area (Å²) in [4.78, 5) is 5.29. The summed E-state index contributed by atoms with van der Waals surface area (Å²) in [5.41, 5.74) is 0. The molecule has 9 heteroatoms. The zero-order valence-electron chi connectivity index (χ0n) is 13.9. The molecule has 5 nitrogen and oxygen atoms in total. The summed E-state index contributed by atoms with van der Waals surface area (Å²) in [6.45, 7) is 1.81. The first-order chi connectivity index (χ1) is 11.7. The Bertz CT molecular complexity index is 623. The molecule has 3 N–H and O–H groups in total. The fourth-order valence-electron chi connectivity index (χ4n) is 1.98. The van der Waals surface area contributed by atoms with Gasteiger partial charge in [0.15, 0.2) is 5.96 Å². The molecule has 0 spiro atoms. The number of furan rings is 1. The molecule has 0 saturated carbocycles. The van der Waals surface area contributed by atoms with Crippen molar-refractivity contribution in [3.05, 3.63) is 45.5 Å². The van der Waals surface area contributed by atoms with Crippen molar-refractivity contribution in [1.29, 1.82) is 0 Å². The fourth-order valence-corrected chi connectivity index (χ4v) is 3.32. The monoisotopic (exact) mass is 515 g/mol. The van der Waals surface area contributed by atoms with Gasteiger partial charge in [0, 0.05) is 30.1 Å². The molecule has 0 fully saturated rings. The number of hydrogen-bond donors (Lipinski definition) is 3. The van der Waals surface area contributed by atoms with Crippen LogP contribution in [0.15, 0.2) is 39.9 Å². The number of thioether (sulfide) groups is 1. The molecule has 0 radical (unpaired) electrons. The van der Waals surface area contributed by atoms with Crippen LogP contribution in [0.4, 0.5) is 0 Å². The van der Waals surface area contributed by atoms with Crippen molar-refractivity contribution in [2.45, 2.75) is 12.5 Å². The van der Waals surface area contributed by atoms with E-state index in [2.05, 4.69) is 21.9 Å². The highest BCUT2D eigenvalue weighted by molar-refractivity contribution is 14.0. The average Bonchev–Trinajstić information content (AvgIpc) is 3.23. The summed E-state index contributed by atoms with van der Waals surface area (Å²) in [5.74, 6) is 2.61. The van der Waals surface area contributed by atoms with E-state index in [1.807, 2.05) is 18.2 Å². The summed E-state index contributed by atoms with van der Waals surface area (Å²) in [7, 11) is 0. The molecule has 2 heterocycles. The first kappa shape index (κ1) is 22.6. The fraction of sp³-hybridized carbons (Fsp3) is 0.438. The van der Waals surface area contributed by atoms with Crippen molar-refractivity contribution < 1.29 is 9.52 Å². The number of thiophene rings is 1. The van der Waals surface area contributed by atoms with E-state index in [0.29, 0.717) is 16.8 Å². The van der Waals surface area contributed by atoms with Crippen molar-refractivity contribution in [2.24, 2.45) is 4.99 Å². The van der Waals surface area contributed by atoms with E-state index in [1.54, 1.807) is 24.1 Å². The number of halogens is 2. The van der Waals surface area contributed by atoms with E-state index in [0.717, 1.165) is 29.4 Å². The van der Waals surface area contributed by atoms with E-state index in [4.69, 9.17) is 16.0 Å². The lowest BCUT2D eigenvalue weighted by Crippen LogP contribution is -2.39. The number of aliphatic hydroxyl groups excluding tert-OH is 1. The van der Waals surface area contributed by atoms with Crippen molar-refractivity contribution in [3.8, 4) is 0 Å². The van der Waals surface area contributed by atoms with Crippen LogP contribution in [0.25, 0.3) is 0 Å². The van der Waals surface area contributed by atoms with E-state index in [1.165, 1.54) is 11.3 Å². The normalized spacial score (nSPS) is 12.5. The minimum absolute atomic E-state index is 0. The lowest BCUT2D eigenvalue weighted by molar-refractivity contribution is 0.191. The lowest BCUT2D eigenvalue weighted by atomic mass is 10.3. The summed E-state index contributed by atoms with van der Waals surface area (Å²) >= 11 is 9.05. The van der Waals surface area contributed by atoms with Gasteiger partial charge in [-0.05, 0) is 30.5 Å². The molecule has 0 amide bonds. The van der Waals surface area contributed by atoms with E-state index < -0.39 is 6.10 Å². The molecule has 0 saturated heterocycles. The zero-order chi connectivity index (χ0) is 17.2. The van der Waals surface area contributed by atoms with Crippen molar-refractivity contribution >= 4 is 64.6 Å². The van der Waals surface area contributed by atoms with Gasteiger partial charge in [-0.2, -0.15) is 11.8 Å². The van der Waals surface area contributed by atoms with E-state index in [9.17, 15) is 5.11 Å². The second-order valence-electron chi connectivity index (χ2n) is 5.02. The van der Waals surface area contributed by atoms with Gasteiger partial charge in [0.05, 0.1) is 17.1 Å². The molecule has 0 bridgehead atoms. The molecule has 2 rings (SSSR count). The first-order valence-electron chi connectivity index (χ1n) is 7.66. The van der Waals surface area contributed by atoms with Crippen molar-refractivity contribution in [3.63, 3.8) is 0 Å². The lowest BCUT2D eigenvalue weighted by Gasteiger charge is -2.13. The molecular weight excluding hydrogens is 493 g/mol. The van der Waals surface area contributed by atoms with Crippen LogP contribution in [-0.2, 0) is 6.42 Å². The second-order valence-corrected chi connectivity index (χ2v) is 7.75. The Kier molecular flexibility index (Phi) is 11.6. The Morgan fingerprint density at radius 1 is 1.36 bits per heavy atom. The second kappa shape index (κ2) is 12.9. The third-order valence-corrected chi connectivity index (χ3v) is 5.13. The number of nitrogens with one attached hydrogen (secondary N) is 2. The summed E-state index contributed by atoms with van der Waals surface area (Å²) in [6, 6.07) is 7.44. The number of aliphatic hydroxyl groups is 1. The highest BCUT2D eigenvalue weighted by Gasteiger charge is 2.10. The molecule has 0 aliphatic rings. The number of rotatable bonds is 9. The van der Waals surface area contributed by atoms with Crippen LogP contribution in [-0.4, -0.2) is 42.7 Å². The number of nitrogens with zero attached hydrogens (tertiary/aromatic N) is 1. The van der Waals surface area contributed by atoms with Crippen LogP contribution in [0.5, 0.6) is 0 Å².